The third kappa shape index (κ3) is 4.80. The lowest BCUT2D eigenvalue weighted by atomic mass is 9.96. The van der Waals surface area contributed by atoms with Gasteiger partial charge in [-0.25, -0.2) is 9.50 Å². The second-order valence-corrected chi connectivity index (χ2v) is 7.07. The average molecular weight is 424 g/mol. The number of aryl methyl sites for hydroxylation is 1. The second kappa shape index (κ2) is 9.53. The molecule has 3 heterocycles. The third-order valence-electron chi connectivity index (χ3n) is 4.87. The molecule has 10 heteroatoms. The zero-order valence-corrected chi connectivity index (χ0v) is 17.0. The highest BCUT2D eigenvalue weighted by Crippen LogP contribution is 2.40. The van der Waals surface area contributed by atoms with Crippen molar-refractivity contribution in [1.29, 1.82) is 5.26 Å². The molecule has 1 saturated heterocycles. The van der Waals surface area contributed by atoms with Crippen LogP contribution in [0.4, 0.5) is 5.82 Å². The monoisotopic (exact) mass is 424 g/mol. The van der Waals surface area contributed by atoms with Crippen molar-refractivity contribution in [2.75, 3.05) is 18.9 Å². The average Bonchev–Trinajstić information content (AvgIpc) is 3.36. The molecule has 1 aliphatic rings. The Morgan fingerprint density at radius 2 is 2.13 bits per heavy atom. The lowest BCUT2D eigenvalue weighted by Crippen LogP contribution is -2.31. The highest BCUT2D eigenvalue weighted by Gasteiger charge is 2.50. The van der Waals surface area contributed by atoms with Gasteiger partial charge in [-0.2, -0.15) is 10.4 Å². The molecule has 3 aromatic rings. The first-order valence-corrected chi connectivity index (χ1v) is 9.63. The van der Waals surface area contributed by atoms with Crippen LogP contribution in [-0.4, -0.2) is 51.0 Å². The van der Waals surface area contributed by atoms with Crippen molar-refractivity contribution in [3.8, 4) is 6.07 Å². The molecule has 1 aliphatic heterocycles. The normalized spacial score (nSPS) is 22.4. The molecule has 0 saturated carbocycles. The maximum absolute atomic E-state index is 11.2. The number of nitrogen functional groups attached to an aromatic ring is 1. The molecule has 31 heavy (non-hydrogen) atoms. The van der Waals surface area contributed by atoms with Gasteiger partial charge in [-0.15, -0.1) is 0 Å². The smallest absolute Gasteiger partial charge is 0.319 e. The van der Waals surface area contributed by atoms with Crippen LogP contribution >= 0.6 is 0 Å². The van der Waals surface area contributed by atoms with Crippen LogP contribution in [0.1, 0.15) is 17.7 Å². The molecule has 0 bridgehead atoms. The van der Waals surface area contributed by atoms with E-state index in [0.29, 0.717) is 11.2 Å². The van der Waals surface area contributed by atoms with E-state index in [1.54, 1.807) is 12.1 Å². The molecule has 0 radical (unpaired) electrons. The maximum atomic E-state index is 11.2. The van der Waals surface area contributed by atoms with E-state index in [0.717, 1.165) is 0 Å². The number of aromatic nitrogens is 3. The number of hydrogen-bond acceptors (Lipinski definition) is 9. The molecule has 4 rings (SSSR count). The Kier molecular flexibility index (Phi) is 6.81. The molecule has 2 aromatic heterocycles. The number of hydrogen-bond donors (Lipinski definition) is 3. The van der Waals surface area contributed by atoms with Crippen LogP contribution in [0, 0.1) is 18.3 Å². The number of fused-ring (bicyclic) bond motifs is 1. The van der Waals surface area contributed by atoms with Gasteiger partial charge in [0.05, 0.1) is 18.3 Å². The third-order valence-corrected chi connectivity index (χ3v) is 4.87. The van der Waals surface area contributed by atoms with Gasteiger partial charge < -0.3 is 26.0 Å². The number of carbonyl (C=O) groups excluding carboxylic acids is 1. The van der Waals surface area contributed by atoms with E-state index in [1.165, 1.54) is 16.4 Å². The molecule has 162 valence electrons. The summed E-state index contributed by atoms with van der Waals surface area (Å²) < 4.78 is 12.1. The van der Waals surface area contributed by atoms with E-state index >= 15 is 0 Å². The number of esters is 1. The van der Waals surface area contributed by atoms with Gasteiger partial charge in [0.1, 0.15) is 30.6 Å². The number of aliphatic hydroxyl groups is 1. The molecule has 0 amide bonds. The van der Waals surface area contributed by atoms with E-state index in [-0.39, 0.29) is 25.4 Å². The Hall–Kier alpha value is -3.52. The van der Waals surface area contributed by atoms with Crippen LogP contribution in [0.25, 0.3) is 5.52 Å². The van der Waals surface area contributed by atoms with E-state index < -0.39 is 23.8 Å². The van der Waals surface area contributed by atoms with Gasteiger partial charge >= 0.3 is 5.97 Å². The fourth-order valence-electron chi connectivity index (χ4n) is 3.28. The number of nitrogens with zero attached hydrogens (tertiary/aromatic N) is 4. The minimum atomic E-state index is -1.44. The summed E-state index contributed by atoms with van der Waals surface area (Å²) >= 11 is 0. The summed E-state index contributed by atoms with van der Waals surface area (Å²) in [7, 11) is 0. The number of ether oxygens (including phenoxy) is 2. The van der Waals surface area contributed by atoms with Gasteiger partial charge in [0, 0.05) is 6.42 Å². The number of aliphatic hydroxyl groups excluding tert-OH is 1. The standard InChI is InChI=1S/C14H16N6O4.C7H8/c15-4-12(22)23-5-10-9(21)3-14(6-16,24-10)11-2-1-8-13(17)18-7-19-20(8)11;1-7-5-3-2-4-6-7/h1-2,7,9-10,21H,3-5,15H2,(H2,17,18,19);2-6H,1H3. The Labute approximate surface area is 179 Å². The molecule has 0 aliphatic carbocycles. The highest BCUT2D eigenvalue weighted by molar-refractivity contribution is 5.71. The molecule has 5 N–H and O–H groups in total. The zero-order valence-electron chi connectivity index (χ0n) is 17.0. The molecule has 3 atom stereocenters. The zero-order chi connectivity index (χ0) is 22.4. The summed E-state index contributed by atoms with van der Waals surface area (Å²) in [5.41, 5.74) is 11.8. The van der Waals surface area contributed by atoms with E-state index in [2.05, 4.69) is 35.2 Å². The Bertz CT molecular complexity index is 1080. The Morgan fingerprint density at radius 1 is 1.39 bits per heavy atom. The molecule has 10 nitrogen and oxygen atoms in total. The number of benzene rings is 1. The first kappa shape index (κ1) is 22.2. The van der Waals surface area contributed by atoms with Gasteiger partial charge in [-0.1, -0.05) is 35.9 Å². The largest absolute Gasteiger partial charge is 0.462 e. The van der Waals surface area contributed by atoms with Crippen LogP contribution in [-0.2, 0) is 19.9 Å². The predicted molar refractivity (Wildman–Crippen MR) is 111 cm³/mol. The van der Waals surface area contributed by atoms with Gasteiger partial charge in [0.2, 0.25) is 0 Å². The second-order valence-electron chi connectivity index (χ2n) is 7.07. The maximum Gasteiger partial charge on any atom is 0.319 e. The topological polar surface area (TPSA) is 162 Å². The van der Waals surface area contributed by atoms with E-state index in [4.69, 9.17) is 20.9 Å². The van der Waals surface area contributed by atoms with Crippen LogP contribution in [0.15, 0.2) is 48.8 Å². The number of rotatable bonds is 4. The SMILES string of the molecule is Cc1ccccc1.N#CC1(c2ccc3c(N)ncnn23)CC(O)C(COC(=O)CN)O1. The van der Waals surface area contributed by atoms with Crippen molar-refractivity contribution in [2.45, 2.75) is 31.2 Å². The minimum absolute atomic E-state index is 0.00433. The van der Waals surface area contributed by atoms with Gasteiger partial charge in [0.25, 0.3) is 0 Å². The van der Waals surface area contributed by atoms with Crippen molar-refractivity contribution in [2.24, 2.45) is 5.73 Å². The summed E-state index contributed by atoms with van der Waals surface area (Å²) in [5, 5.41) is 24.0. The number of nitriles is 1. The number of anilines is 1. The summed E-state index contributed by atoms with van der Waals surface area (Å²) in [5.74, 6) is -0.356. The Morgan fingerprint density at radius 3 is 2.74 bits per heavy atom. The molecular weight excluding hydrogens is 400 g/mol. The lowest BCUT2D eigenvalue weighted by molar-refractivity contribution is -0.148. The first-order valence-electron chi connectivity index (χ1n) is 9.63. The number of nitrogens with two attached hydrogens (primary N) is 2. The van der Waals surface area contributed by atoms with E-state index in [9.17, 15) is 15.2 Å². The Balaban J connectivity index is 0.000000330. The summed E-state index contributed by atoms with van der Waals surface area (Å²) in [6, 6.07) is 15.7. The summed E-state index contributed by atoms with van der Waals surface area (Å²) in [6.45, 7) is 1.62. The fraction of sp³-hybridized carbons (Fsp3) is 0.333. The van der Waals surface area contributed by atoms with Crippen molar-refractivity contribution >= 4 is 17.3 Å². The molecule has 3 unspecified atom stereocenters. The van der Waals surface area contributed by atoms with Gasteiger partial charge in [0.15, 0.2) is 11.4 Å². The van der Waals surface area contributed by atoms with Crippen LogP contribution in [0.3, 0.4) is 0 Å². The van der Waals surface area contributed by atoms with Crippen molar-refractivity contribution in [1.82, 2.24) is 14.6 Å². The highest BCUT2D eigenvalue weighted by atomic mass is 16.6. The van der Waals surface area contributed by atoms with Crippen molar-refractivity contribution < 1.29 is 19.4 Å². The molecule has 1 aromatic carbocycles. The molecule has 0 spiro atoms. The fourth-order valence-corrected chi connectivity index (χ4v) is 3.28. The molecular formula is C21H24N6O4. The van der Waals surface area contributed by atoms with Crippen LogP contribution in [0.5, 0.6) is 0 Å². The minimum Gasteiger partial charge on any atom is -0.462 e. The number of carbonyl (C=O) groups is 1. The van der Waals surface area contributed by atoms with Crippen molar-refractivity contribution in [3.05, 3.63) is 60.0 Å². The molecule has 1 fully saturated rings. The lowest BCUT2D eigenvalue weighted by Gasteiger charge is -2.21. The quantitative estimate of drug-likeness (QED) is 0.511. The summed E-state index contributed by atoms with van der Waals surface area (Å²) in [6.07, 6.45) is -0.558. The first-order chi connectivity index (χ1) is 14.9. The summed E-state index contributed by atoms with van der Waals surface area (Å²) in [4.78, 5) is 15.1. The van der Waals surface area contributed by atoms with Crippen LogP contribution in [0.2, 0.25) is 0 Å². The van der Waals surface area contributed by atoms with Gasteiger partial charge in [-0.3, -0.25) is 4.79 Å². The predicted octanol–water partition coefficient (Wildman–Crippen LogP) is 0.677. The van der Waals surface area contributed by atoms with E-state index in [1.807, 2.05) is 18.2 Å². The van der Waals surface area contributed by atoms with Gasteiger partial charge in [-0.05, 0) is 19.1 Å². The van der Waals surface area contributed by atoms with Crippen LogP contribution < -0.4 is 11.5 Å². The van der Waals surface area contributed by atoms with Crippen molar-refractivity contribution in [3.63, 3.8) is 0 Å².